The van der Waals surface area contributed by atoms with Crippen LogP contribution in [0, 0.1) is 55.1 Å². The van der Waals surface area contributed by atoms with Crippen LogP contribution >= 0.6 is 0 Å². The smallest absolute Gasteiger partial charge is 0.410 e. The zero-order chi connectivity index (χ0) is 86.3. The predicted octanol–water partition coefficient (Wildman–Crippen LogP) is 17.2. The van der Waals surface area contributed by atoms with E-state index in [1.165, 1.54) is 103 Å². The number of esters is 1. The van der Waals surface area contributed by atoms with Crippen LogP contribution in [0.5, 0.6) is 34.5 Å². The lowest BCUT2D eigenvalue weighted by Gasteiger charge is -2.24. The molecule has 0 saturated carbocycles. The second-order valence-electron chi connectivity index (χ2n) is 27.7. The van der Waals surface area contributed by atoms with Gasteiger partial charge in [-0.2, -0.15) is 0 Å². The zero-order valence-electron chi connectivity index (χ0n) is 66.3. The third-order valence-corrected chi connectivity index (χ3v) is 13.9. The highest BCUT2D eigenvalue weighted by atomic mass is 19.2. The summed E-state index contributed by atoms with van der Waals surface area (Å²) in [4.78, 5) is 110. The van der Waals surface area contributed by atoms with E-state index in [9.17, 15) is 84.9 Å². The van der Waals surface area contributed by atoms with E-state index in [0.29, 0.717) is 55.8 Å². The number of benzene rings is 7. The number of nitro groups is 2. The highest BCUT2D eigenvalue weighted by molar-refractivity contribution is 5.99. The summed E-state index contributed by atoms with van der Waals surface area (Å²) in [5.74, 6) is -6.84. The topological polar surface area (TPSA) is 341 Å². The van der Waals surface area contributed by atoms with E-state index in [-0.39, 0.29) is 102 Å². The van der Waals surface area contributed by atoms with Gasteiger partial charge in [0.15, 0.2) is 63.7 Å². The van der Waals surface area contributed by atoms with Crippen molar-refractivity contribution in [2.75, 3.05) is 39.5 Å². The first-order chi connectivity index (χ1) is 54.1. The van der Waals surface area contributed by atoms with Gasteiger partial charge in [-0.1, -0.05) is 93.1 Å². The van der Waals surface area contributed by atoms with Crippen LogP contribution in [0.4, 0.5) is 31.1 Å². The molecule has 0 aliphatic carbocycles. The van der Waals surface area contributed by atoms with E-state index in [0.717, 1.165) is 80.2 Å². The summed E-state index contributed by atoms with van der Waals surface area (Å²) >= 11 is 0. The van der Waals surface area contributed by atoms with Crippen molar-refractivity contribution >= 4 is 59.7 Å². The maximum atomic E-state index is 13.4. The standard InChI is InChI=1S/C15H21NO3.2C14H9F2NO3.C13H8F2O2.C10H18O4.C9H18N2O2.C9H17NO2/c1-15(2,3)16-14(18)9-13(17)11-19-10-12-7-5-4-6-8-12;2*15-12-2-1-3-13(16)14(12)20-11-6-4-10(5-7-11)8-9-17(18)19;14-11-2-1-3-12(15)13(11)17-10-6-4-9(8-16)5-7-10;1-3-5-6-13-8-9(11)7-10(12)14-4-2;1-9(2,3)13-8(12)11-5-4-7(10)6-11;1-5-7(11)6-8(12)10-9(2,3)4/h4-8H,9-11H2,1-3H3,(H,16,18);2*1-9H;1-8H;3-8H2,1-2H3;7H,4-6,10H2,1-3H3;5-6H2,1-4H3,(H,10,12)/b;2*9-8+;;;;/t;;;;;7-;/m.....1./s1. The quantitative estimate of drug-likeness (QED) is 0.00780. The predicted molar refractivity (Wildman–Crippen MR) is 420 cm³/mol. The number of nitrogens with two attached hydrogens (primary N) is 1. The summed E-state index contributed by atoms with van der Waals surface area (Å²) in [6.45, 7) is 25.0. The number of ketones is 3. The molecule has 0 unspecified atom stereocenters. The number of hydrogen-bond donors (Lipinski definition) is 3. The Morgan fingerprint density at radius 3 is 1.24 bits per heavy atom. The van der Waals surface area contributed by atoms with Crippen LogP contribution in [0.15, 0.2) is 170 Å². The molecule has 0 bridgehead atoms. The summed E-state index contributed by atoms with van der Waals surface area (Å²) in [6.07, 6.45) is 7.59. The minimum atomic E-state index is -0.803. The zero-order valence-corrected chi connectivity index (χ0v) is 66.3. The van der Waals surface area contributed by atoms with E-state index >= 15 is 0 Å². The molecule has 25 nitrogen and oxygen atoms in total. The van der Waals surface area contributed by atoms with Crippen molar-refractivity contribution in [3.05, 3.63) is 248 Å². The third-order valence-electron chi connectivity index (χ3n) is 13.9. The molecule has 115 heavy (non-hydrogen) atoms. The number of Topliss-reactive ketones (excluding diaryl/α,β-unsaturated/α-hetero) is 3. The molecule has 0 spiro atoms. The molecular weight excluding hydrogens is 1510 g/mol. The summed E-state index contributed by atoms with van der Waals surface area (Å²) in [5.41, 5.74) is 7.32. The third kappa shape index (κ3) is 46.0. The molecule has 4 N–H and O–H groups in total. The van der Waals surface area contributed by atoms with Gasteiger partial charge in [0.05, 0.1) is 35.9 Å². The summed E-state index contributed by atoms with van der Waals surface area (Å²) < 4.78 is 115. The Kier molecular flexibility index (Phi) is 45.1. The minimum absolute atomic E-state index is 0.00771. The lowest BCUT2D eigenvalue weighted by atomic mass is 10.1. The Morgan fingerprint density at radius 1 is 0.522 bits per heavy atom. The Labute approximate surface area is 664 Å². The van der Waals surface area contributed by atoms with Gasteiger partial charge in [0, 0.05) is 61.0 Å². The number of carbonyl (C=O) groups is 8. The number of nitrogens with one attached hydrogen (secondary N) is 2. The largest absolute Gasteiger partial charge is 0.466 e. The number of rotatable bonds is 28. The molecule has 1 aliphatic rings. The van der Waals surface area contributed by atoms with Crippen LogP contribution in [-0.2, 0) is 54.3 Å². The molecule has 1 atom stereocenters. The molecule has 1 fully saturated rings. The van der Waals surface area contributed by atoms with E-state index in [4.69, 9.17) is 34.2 Å². The van der Waals surface area contributed by atoms with Gasteiger partial charge in [-0.05, 0) is 184 Å². The van der Waals surface area contributed by atoms with Gasteiger partial charge in [0.25, 0.3) is 0 Å². The number of para-hydroxylation sites is 3. The number of amides is 3. The van der Waals surface area contributed by atoms with Crippen molar-refractivity contribution in [2.24, 2.45) is 5.73 Å². The Hall–Kier alpha value is -12.0. The van der Waals surface area contributed by atoms with Gasteiger partial charge in [0.2, 0.25) is 24.2 Å². The summed E-state index contributed by atoms with van der Waals surface area (Å²) in [7, 11) is 0. The van der Waals surface area contributed by atoms with Crippen molar-refractivity contribution in [2.45, 2.75) is 157 Å². The average molecular weight is 1610 g/mol. The number of hydrogen-bond acceptors (Lipinski definition) is 20. The number of halogens is 6. The van der Waals surface area contributed by atoms with Gasteiger partial charge in [-0.15, -0.1) is 0 Å². The molecule has 622 valence electrons. The fourth-order valence-corrected chi connectivity index (χ4v) is 8.75. The normalized spacial score (nSPS) is 12.0. The molecule has 7 aromatic carbocycles. The lowest BCUT2D eigenvalue weighted by Crippen LogP contribution is -2.41. The molecule has 0 aromatic heterocycles. The van der Waals surface area contributed by atoms with Crippen LogP contribution in [0.2, 0.25) is 0 Å². The van der Waals surface area contributed by atoms with Crippen LogP contribution in [-0.4, -0.2) is 124 Å². The molecule has 1 saturated heterocycles. The number of aldehydes is 1. The summed E-state index contributed by atoms with van der Waals surface area (Å²) in [5, 5.41) is 25.8. The molecule has 1 heterocycles. The molecule has 7 aromatic rings. The second-order valence-corrected chi connectivity index (χ2v) is 27.7. The van der Waals surface area contributed by atoms with E-state index in [1.54, 1.807) is 18.7 Å². The minimum Gasteiger partial charge on any atom is -0.466 e. The van der Waals surface area contributed by atoms with Gasteiger partial charge in [-0.3, -0.25) is 53.8 Å². The highest BCUT2D eigenvalue weighted by Gasteiger charge is 2.28. The van der Waals surface area contributed by atoms with Gasteiger partial charge >= 0.3 is 12.1 Å². The average Bonchev–Trinajstić information content (AvgIpc) is 1.29. The summed E-state index contributed by atoms with van der Waals surface area (Å²) in [6, 6.07) is 38.0. The van der Waals surface area contributed by atoms with Crippen molar-refractivity contribution in [1.82, 2.24) is 15.5 Å². The van der Waals surface area contributed by atoms with Crippen LogP contribution in [0.1, 0.15) is 155 Å². The van der Waals surface area contributed by atoms with Crippen LogP contribution in [0.25, 0.3) is 12.2 Å². The molecule has 31 heteroatoms. The number of ether oxygens (including phenoxy) is 7. The second kappa shape index (κ2) is 52.4. The first-order valence-corrected chi connectivity index (χ1v) is 36.1. The van der Waals surface area contributed by atoms with Gasteiger partial charge < -0.3 is 54.4 Å². The van der Waals surface area contributed by atoms with Crippen molar-refractivity contribution in [1.29, 1.82) is 0 Å². The van der Waals surface area contributed by atoms with Crippen LogP contribution in [0.3, 0.4) is 0 Å². The molecule has 8 rings (SSSR count). The fourth-order valence-electron chi connectivity index (χ4n) is 8.75. The monoisotopic (exact) mass is 1610 g/mol. The van der Waals surface area contributed by atoms with E-state index in [1.807, 2.05) is 99.6 Å². The number of unbranched alkanes of at least 4 members (excludes halogenated alkanes) is 1. The van der Waals surface area contributed by atoms with Gasteiger partial charge in [0.1, 0.15) is 54.6 Å². The Balaban J connectivity index is 0.000000459. The molecular formula is C84H100F6N6O19. The number of likely N-dealkylation sites (tertiary alicyclic amines) is 1. The molecule has 1 aliphatic heterocycles. The first-order valence-electron chi connectivity index (χ1n) is 36.1. The first kappa shape index (κ1) is 99.1. The van der Waals surface area contributed by atoms with E-state index in [2.05, 4.69) is 15.4 Å². The molecule has 0 radical (unpaired) electrons. The maximum absolute atomic E-state index is 13.4. The van der Waals surface area contributed by atoms with E-state index < -0.39 is 73.6 Å². The van der Waals surface area contributed by atoms with Crippen LogP contribution < -0.4 is 30.6 Å². The van der Waals surface area contributed by atoms with Crippen molar-refractivity contribution < 1.29 is 108 Å². The molecule has 3 amide bonds. The highest BCUT2D eigenvalue weighted by Crippen LogP contribution is 2.31. The maximum Gasteiger partial charge on any atom is 0.410 e. The Morgan fingerprint density at radius 2 is 0.904 bits per heavy atom. The van der Waals surface area contributed by atoms with Crippen molar-refractivity contribution in [3.8, 4) is 34.5 Å². The SMILES string of the molecule is CC(C)(C)NC(=O)CC(=O)COCc1ccccc1.CC(C)(C)OC(=O)N1CC[C@@H](N)C1.CCC(=O)CC(=O)NC(C)(C)C.CCCCOCC(=O)CC(=O)OCC.O=Cc1ccc(Oc2c(F)cccc2F)cc1.O=[N+]([O-])/C=C/c1ccc(Oc2c(F)cccc2F)cc1.O=[N+]([O-])/C=C/c1ccc(Oc2c(F)cccc2F)cc1. The number of nitrogens with zero attached hydrogens (tertiary/aromatic N) is 3. The fraction of sp³-hybridized carbons (Fsp3) is 0.357. The van der Waals surface area contributed by atoms with Gasteiger partial charge in [-0.25, -0.2) is 31.1 Å². The lowest BCUT2D eigenvalue weighted by molar-refractivity contribution is -0.401. The number of carbonyl (C=O) groups excluding carboxylic acids is 8. The Bertz CT molecular complexity index is 4110. The van der Waals surface area contributed by atoms with Crippen molar-refractivity contribution in [3.63, 3.8) is 0 Å².